The smallest absolute Gasteiger partial charge is 0.198 e. The van der Waals surface area contributed by atoms with E-state index in [2.05, 4.69) is 70.5 Å². The number of rotatable bonds is 16. The number of hydrogen-bond acceptors (Lipinski definition) is 13. The van der Waals surface area contributed by atoms with E-state index in [1.165, 1.54) is 84.6 Å². The molecule has 0 N–H and O–H groups in total. The number of piperidine rings is 1. The van der Waals surface area contributed by atoms with Crippen LogP contribution in [-0.4, -0.2) is 119 Å². The third-order valence-corrected chi connectivity index (χ3v) is 20.3. The van der Waals surface area contributed by atoms with Crippen LogP contribution in [0.1, 0.15) is 56.1 Å². The number of para-hydroxylation sites is 1. The fourth-order valence-electron chi connectivity index (χ4n) is 8.86. The molecule has 0 saturated carbocycles. The molecule has 0 bridgehead atoms. The zero-order valence-corrected chi connectivity index (χ0v) is 40.5. The summed E-state index contributed by atoms with van der Waals surface area (Å²) in [7, 11) is 2.35. The van der Waals surface area contributed by atoms with E-state index in [-0.39, 0.29) is 29.9 Å². The van der Waals surface area contributed by atoms with E-state index in [0.29, 0.717) is 42.5 Å². The predicted molar refractivity (Wildman–Crippen MR) is 254 cm³/mol. The van der Waals surface area contributed by atoms with Crippen LogP contribution in [0.3, 0.4) is 0 Å². The lowest BCUT2D eigenvalue weighted by Crippen LogP contribution is -2.50. The highest BCUT2D eigenvalue weighted by molar-refractivity contribution is 8.10. The number of ether oxygens (including phenoxy) is 4. The Kier molecular flexibility index (Phi) is 16.5. The molecule has 0 radical (unpaired) electrons. The highest BCUT2D eigenvalue weighted by Gasteiger charge is 2.57. The minimum absolute atomic E-state index is 0.0339. The lowest BCUT2D eigenvalue weighted by molar-refractivity contribution is 0.178. The maximum atomic E-state index is 13.5. The minimum atomic E-state index is -3.99. The topological polar surface area (TPSA) is 115 Å². The summed E-state index contributed by atoms with van der Waals surface area (Å²) < 4.78 is 73.2. The zero-order chi connectivity index (χ0) is 44.5. The number of hydrogen-bond donors (Lipinski definition) is 0. The second kappa shape index (κ2) is 21.4. The van der Waals surface area contributed by atoms with Crippen LogP contribution in [0.25, 0.3) is 0 Å². The number of thioether (sulfide) groups is 1. The summed E-state index contributed by atoms with van der Waals surface area (Å²) in [5.74, 6) is 1.68. The molecule has 15 heteroatoms. The quantitative estimate of drug-likeness (QED) is 0.0998. The Balaban J connectivity index is 0.000000222. The van der Waals surface area contributed by atoms with Gasteiger partial charge in [-0.3, -0.25) is 0 Å². The van der Waals surface area contributed by atoms with Gasteiger partial charge in [0.1, 0.15) is 0 Å². The van der Waals surface area contributed by atoms with Gasteiger partial charge in [-0.25, -0.2) is 16.8 Å². The maximum absolute atomic E-state index is 13.5. The van der Waals surface area contributed by atoms with Crippen LogP contribution in [0.4, 0.5) is 11.4 Å². The summed E-state index contributed by atoms with van der Waals surface area (Å²) in [4.78, 5) is 11.3. The summed E-state index contributed by atoms with van der Waals surface area (Å²) in [6.07, 6.45) is 8.68. The van der Waals surface area contributed by atoms with Gasteiger partial charge in [-0.2, -0.15) is 0 Å². The van der Waals surface area contributed by atoms with Gasteiger partial charge >= 0.3 is 0 Å². The third-order valence-electron chi connectivity index (χ3n) is 12.4. The molecule has 1 atom stereocenters. The van der Waals surface area contributed by atoms with E-state index in [0.717, 1.165) is 24.6 Å². The molecule has 4 aromatic carbocycles. The Bertz CT molecular complexity index is 2330. The molecule has 7 rings (SSSR count). The van der Waals surface area contributed by atoms with Crippen molar-refractivity contribution in [1.29, 1.82) is 0 Å². The average molecular weight is 926 g/mol. The van der Waals surface area contributed by atoms with Crippen molar-refractivity contribution in [3.63, 3.8) is 0 Å². The van der Waals surface area contributed by atoms with E-state index in [9.17, 15) is 16.8 Å². The zero-order valence-electron chi connectivity index (χ0n) is 37.2. The Morgan fingerprint density at radius 1 is 0.758 bits per heavy atom. The summed E-state index contributed by atoms with van der Waals surface area (Å²) in [6.45, 7) is 3.59. The van der Waals surface area contributed by atoms with E-state index >= 15 is 0 Å². The van der Waals surface area contributed by atoms with Crippen LogP contribution < -0.4 is 23.8 Å². The first-order chi connectivity index (χ1) is 29.8. The minimum Gasteiger partial charge on any atom is -0.493 e. The van der Waals surface area contributed by atoms with Gasteiger partial charge in [0, 0.05) is 33.8 Å². The van der Waals surface area contributed by atoms with Crippen LogP contribution in [0.5, 0.6) is 23.0 Å². The molecule has 4 aromatic rings. The number of anilines is 2. The molecule has 0 amide bonds. The SMILES string of the molecule is COc1ccc(CCN(C)CCCC2(c3ccc(OC)c(OC)c3)S(=O)(=O)CCCS2(=O)=O)cc1OC.CSc1ccc2c(c1)N(CCC1CCCCN1C)c1ccccc1S2. The van der Waals surface area contributed by atoms with Crippen molar-refractivity contribution in [2.24, 2.45) is 0 Å². The summed E-state index contributed by atoms with van der Waals surface area (Å²) in [5, 5.41) is 0. The number of benzene rings is 4. The Hall–Kier alpha value is -3.60. The number of fused-ring (bicyclic) bond motifs is 2. The summed E-state index contributed by atoms with van der Waals surface area (Å²) >= 11 is 3.73. The van der Waals surface area contributed by atoms with Crippen molar-refractivity contribution in [2.45, 2.75) is 76.2 Å². The molecule has 2 fully saturated rings. The molecule has 3 aliphatic rings. The lowest BCUT2D eigenvalue weighted by atomic mass is 9.99. The van der Waals surface area contributed by atoms with Crippen LogP contribution in [0, 0.1) is 0 Å². The second-order valence-corrected chi connectivity index (χ2v) is 23.0. The molecule has 3 aliphatic heterocycles. The van der Waals surface area contributed by atoms with Crippen molar-refractivity contribution in [3.05, 3.63) is 90.0 Å². The van der Waals surface area contributed by atoms with Gasteiger partial charge in [-0.1, -0.05) is 42.4 Å². The van der Waals surface area contributed by atoms with Crippen molar-refractivity contribution in [3.8, 4) is 23.0 Å². The average Bonchev–Trinajstić information content (AvgIpc) is 3.28. The second-order valence-electron chi connectivity index (χ2n) is 16.1. The van der Waals surface area contributed by atoms with Gasteiger partial charge in [-0.15, -0.1) is 11.8 Å². The molecule has 0 aromatic heterocycles. The number of sulfone groups is 2. The molecule has 62 heavy (non-hydrogen) atoms. The first-order valence-corrected chi connectivity index (χ1v) is 26.6. The van der Waals surface area contributed by atoms with Gasteiger partial charge in [0.05, 0.1) is 51.3 Å². The maximum Gasteiger partial charge on any atom is 0.198 e. The third kappa shape index (κ3) is 10.5. The molecule has 1 unspecified atom stereocenters. The Morgan fingerprint density at radius 2 is 1.42 bits per heavy atom. The van der Waals surface area contributed by atoms with E-state index < -0.39 is 23.8 Å². The van der Waals surface area contributed by atoms with Crippen LogP contribution >= 0.6 is 23.5 Å². The van der Waals surface area contributed by atoms with Crippen LogP contribution in [0.15, 0.2) is 93.5 Å². The van der Waals surface area contributed by atoms with Crippen LogP contribution in [0.2, 0.25) is 0 Å². The fraction of sp³-hybridized carbons (Fsp3) is 0.489. The van der Waals surface area contributed by atoms with Gasteiger partial charge in [0.15, 0.2) is 46.8 Å². The normalized spacial score (nSPS) is 18.8. The van der Waals surface area contributed by atoms with Crippen LogP contribution in [-0.2, 0) is 30.2 Å². The summed E-state index contributed by atoms with van der Waals surface area (Å²) in [6, 6.07) is 26.8. The van der Waals surface area contributed by atoms with Crippen molar-refractivity contribution >= 4 is 54.6 Å². The Morgan fingerprint density at radius 3 is 2.10 bits per heavy atom. The highest BCUT2D eigenvalue weighted by Crippen LogP contribution is 2.50. The molecular weight excluding hydrogens is 863 g/mol. The van der Waals surface area contributed by atoms with E-state index in [4.69, 9.17) is 18.9 Å². The van der Waals surface area contributed by atoms with E-state index in [1.54, 1.807) is 20.3 Å². The van der Waals surface area contributed by atoms with Gasteiger partial charge < -0.3 is 33.6 Å². The molecule has 338 valence electrons. The number of likely N-dealkylation sites (N-methyl/N-ethyl adjacent to an activating group) is 1. The van der Waals surface area contributed by atoms with Gasteiger partial charge in [0.25, 0.3) is 0 Å². The fourth-order valence-corrected chi connectivity index (χ4v) is 16.2. The predicted octanol–water partition coefficient (Wildman–Crippen LogP) is 8.95. The Labute approximate surface area is 378 Å². The van der Waals surface area contributed by atoms with Crippen molar-refractivity contribution in [1.82, 2.24) is 9.80 Å². The molecular formula is C47H63N3O8S4. The number of methoxy groups -OCH3 is 4. The molecule has 2 saturated heterocycles. The van der Waals surface area contributed by atoms with Crippen molar-refractivity contribution < 1.29 is 35.8 Å². The largest absolute Gasteiger partial charge is 0.493 e. The highest BCUT2D eigenvalue weighted by atomic mass is 32.3. The first kappa shape index (κ1) is 47.9. The van der Waals surface area contributed by atoms with Crippen molar-refractivity contribution in [2.75, 3.05) is 91.4 Å². The lowest BCUT2D eigenvalue weighted by Gasteiger charge is -2.37. The monoisotopic (exact) mass is 925 g/mol. The molecule has 3 heterocycles. The number of likely N-dealkylation sites (tertiary alicyclic amines) is 1. The standard InChI is InChI=1S/C26H37NO8S2.C21H26N2S2/c1-27(15-12-20-8-10-22(32-2)24(18-20)34-4)14-6-13-26(36(28,29)16-7-17-37(26,30)31)21-9-11-23(33-3)25(19-21)35-5;1-22-13-6-5-7-16(22)12-14-23-18-8-3-4-9-20(18)25-21-11-10-17(24-2)15-19(21)23/h8-11,18-19H,6-7,12-17H2,1-5H3;3-4,8-11,15-16H,5-7,12-14H2,1-2H3. The summed E-state index contributed by atoms with van der Waals surface area (Å²) in [5.41, 5.74) is 4.03. The first-order valence-electron chi connectivity index (χ1n) is 21.3. The van der Waals surface area contributed by atoms with E-state index in [1.807, 2.05) is 48.8 Å². The molecule has 0 aliphatic carbocycles. The number of nitrogens with zero attached hydrogens (tertiary/aromatic N) is 3. The van der Waals surface area contributed by atoms with Gasteiger partial charge in [0.2, 0.25) is 0 Å². The molecule has 11 nitrogen and oxygen atoms in total. The molecule has 0 spiro atoms. The van der Waals surface area contributed by atoms with Gasteiger partial charge in [-0.05, 0) is 144 Å².